The summed E-state index contributed by atoms with van der Waals surface area (Å²) >= 11 is 0. The van der Waals surface area contributed by atoms with Crippen LogP contribution in [0.15, 0.2) is 24.8 Å². The van der Waals surface area contributed by atoms with E-state index in [4.69, 9.17) is 0 Å². The van der Waals surface area contributed by atoms with Crippen LogP contribution >= 0.6 is 0 Å². The smallest absolute Gasteiger partial charge is 0.387 e. The molecule has 0 aliphatic carbocycles. The van der Waals surface area contributed by atoms with Crippen LogP contribution in [0, 0.1) is 6.08 Å². The molecule has 0 aliphatic rings. The van der Waals surface area contributed by atoms with E-state index in [2.05, 4.69) is 22.1 Å². The summed E-state index contributed by atoms with van der Waals surface area (Å²) in [4.78, 5) is 0. The fourth-order valence-electron chi connectivity index (χ4n) is 1.02. The summed E-state index contributed by atoms with van der Waals surface area (Å²) in [6.07, 6.45) is 2.35. The lowest BCUT2D eigenvalue weighted by Crippen LogP contribution is -2.05. The number of alkyl halides is 4. The average molecular weight is 235 g/mol. The van der Waals surface area contributed by atoms with Gasteiger partial charge >= 0.3 is 13.2 Å². The third-order valence-corrected chi connectivity index (χ3v) is 1.53. The Bertz CT molecular complexity index is 338. The standard InChI is InChI=1S/C10H7F4O2/c1-2-6-3-7(15-9(11)12)5-8(4-6)16-10(13)14/h3-5,9-10H,1H2. The van der Waals surface area contributed by atoms with Crippen molar-refractivity contribution in [2.24, 2.45) is 0 Å². The summed E-state index contributed by atoms with van der Waals surface area (Å²) in [6.45, 7) is -2.82. The second kappa shape index (κ2) is 5.39. The van der Waals surface area contributed by atoms with Crippen molar-refractivity contribution in [2.75, 3.05) is 0 Å². The van der Waals surface area contributed by atoms with Gasteiger partial charge in [-0.2, -0.15) is 17.6 Å². The van der Waals surface area contributed by atoms with E-state index in [0.29, 0.717) is 0 Å². The predicted octanol–water partition coefficient (Wildman–Crippen LogP) is 3.23. The predicted molar refractivity (Wildman–Crippen MR) is 47.7 cm³/mol. The van der Waals surface area contributed by atoms with E-state index in [1.165, 1.54) is 12.1 Å². The van der Waals surface area contributed by atoms with Crippen LogP contribution in [0.1, 0.15) is 5.56 Å². The Kier molecular flexibility index (Phi) is 4.16. The topological polar surface area (TPSA) is 18.5 Å². The van der Waals surface area contributed by atoms with Crippen molar-refractivity contribution in [3.63, 3.8) is 0 Å². The van der Waals surface area contributed by atoms with Crippen LogP contribution in [-0.4, -0.2) is 13.2 Å². The van der Waals surface area contributed by atoms with E-state index >= 15 is 0 Å². The normalized spacial score (nSPS) is 10.6. The monoisotopic (exact) mass is 235 g/mol. The Morgan fingerprint density at radius 2 is 1.38 bits per heavy atom. The minimum Gasteiger partial charge on any atom is -0.435 e. The summed E-state index contributed by atoms with van der Waals surface area (Å²) in [6, 6.07) is 3.29. The minimum absolute atomic E-state index is 0.216. The highest BCUT2D eigenvalue weighted by molar-refractivity contribution is 5.40. The highest BCUT2D eigenvalue weighted by Crippen LogP contribution is 2.25. The molecule has 1 radical (unpaired) electrons. The van der Waals surface area contributed by atoms with Crippen LogP contribution < -0.4 is 9.47 Å². The van der Waals surface area contributed by atoms with Gasteiger partial charge in [-0.05, 0) is 23.8 Å². The largest absolute Gasteiger partial charge is 0.435 e. The molecular formula is C10H7F4O2. The molecule has 0 unspecified atom stereocenters. The Balaban J connectivity index is 2.95. The van der Waals surface area contributed by atoms with Crippen LogP contribution in [0.2, 0.25) is 0 Å². The lowest BCUT2D eigenvalue weighted by molar-refractivity contribution is -0.0542. The molecule has 0 saturated heterocycles. The van der Waals surface area contributed by atoms with Gasteiger partial charge in [-0.25, -0.2) is 0 Å². The molecule has 0 fully saturated rings. The second-order valence-corrected chi connectivity index (χ2v) is 2.63. The van der Waals surface area contributed by atoms with Gasteiger partial charge in [-0.1, -0.05) is 6.58 Å². The first-order chi connectivity index (χ1) is 7.51. The van der Waals surface area contributed by atoms with Crippen LogP contribution in [0.4, 0.5) is 17.6 Å². The summed E-state index contributed by atoms with van der Waals surface area (Å²) < 4.78 is 55.7. The van der Waals surface area contributed by atoms with Gasteiger partial charge in [0, 0.05) is 6.07 Å². The third kappa shape index (κ3) is 3.80. The molecule has 1 rings (SSSR count). The highest BCUT2D eigenvalue weighted by atomic mass is 19.3. The Morgan fingerprint density at radius 1 is 0.938 bits per heavy atom. The number of hydrogen-bond donors (Lipinski definition) is 0. The lowest BCUT2D eigenvalue weighted by Gasteiger charge is -2.09. The number of ether oxygens (including phenoxy) is 2. The summed E-state index contributed by atoms with van der Waals surface area (Å²) in [7, 11) is 0. The SMILES string of the molecule is C=[C]c1cc(OC(F)F)cc(OC(F)F)c1. The van der Waals surface area contributed by atoms with Crippen molar-refractivity contribution >= 4 is 0 Å². The maximum absolute atomic E-state index is 11.9. The number of hydrogen-bond acceptors (Lipinski definition) is 2. The molecule has 0 aromatic heterocycles. The van der Waals surface area contributed by atoms with E-state index in [-0.39, 0.29) is 17.1 Å². The van der Waals surface area contributed by atoms with Gasteiger partial charge in [0.1, 0.15) is 11.5 Å². The second-order valence-electron chi connectivity index (χ2n) is 2.63. The molecule has 16 heavy (non-hydrogen) atoms. The first-order valence-corrected chi connectivity index (χ1v) is 4.09. The first-order valence-electron chi connectivity index (χ1n) is 4.09. The Labute approximate surface area is 89.1 Å². The van der Waals surface area contributed by atoms with E-state index in [9.17, 15) is 17.6 Å². The number of benzene rings is 1. The highest BCUT2D eigenvalue weighted by Gasteiger charge is 2.10. The van der Waals surface area contributed by atoms with Crippen LogP contribution in [-0.2, 0) is 0 Å². The maximum atomic E-state index is 11.9. The fourth-order valence-corrected chi connectivity index (χ4v) is 1.02. The molecule has 0 amide bonds. The molecule has 6 heteroatoms. The molecule has 0 N–H and O–H groups in total. The summed E-state index contributed by atoms with van der Waals surface area (Å²) in [5.74, 6) is -0.585. The lowest BCUT2D eigenvalue weighted by atomic mass is 10.2. The fraction of sp³-hybridized carbons (Fsp3) is 0.200. The molecule has 1 aromatic carbocycles. The van der Waals surface area contributed by atoms with Crippen molar-refractivity contribution in [3.8, 4) is 11.5 Å². The van der Waals surface area contributed by atoms with Crippen molar-refractivity contribution in [1.82, 2.24) is 0 Å². The van der Waals surface area contributed by atoms with Gasteiger partial charge in [0.25, 0.3) is 0 Å². The molecule has 2 nitrogen and oxygen atoms in total. The van der Waals surface area contributed by atoms with Gasteiger partial charge in [-0.15, -0.1) is 0 Å². The zero-order valence-electron chi connectivity index (χ0n) is 7.92. The molecule has 87 valence electrons. The van der Waals surface area contributed by atoms with E-state index < -0.39 is 13.2 Å². The minimum atomic E-state index is -3.04. The van der Waals surface area contributed by atoms with Crippen molar-refractivity contribution in [1.29, 1.82) is 0 Å². The zero-order valence-corrected chi connectivity index (χ0v) is 7.92. The van der Waals surface area contributed by atoms with Crippen LogP contribution in [0.3, 0.4) is 0 Å². The number of rotatable bonds is 5. The van der Waals surface area contributed by atoms with E-state index in [1.807, 2.05) is 0 Å². The summed E-state index contributed by atoms with van der Waals surface area (Å²) in [5, 5.41) is 0. The van der Waals surface area contributed by atoms with Gasteiger partial charge < -0.3 is 9.47 Å². The zero-order chi connectivity index (χ0) is 12.1. The first kappa shape index (κ1) is 12.4. The maximum Gasteiger partial charge on any atom is 0.387 e. The third-order valence-electron chi connectivity index (χ3n) is 1.53. The van der Waals surface area contributed by atoms with Crippen LogP contribution in [0.25, 0.3) is 0 Å². The van der Waals surface area contributed by atoms with E-state index in [1.54, 1.807) is 0 Å². The molecule has 0 aliphatic heterocycles. The Hall–Kier alpha value is -1.72. The number of halogens is 4. The van der Waals surface area contributed by atoms with E-state index in [0.717, 1.165) is 6.07 Å². The summed E-state index contributed by atoms with van der Waals surface area (Å²) in [5.41, 5.74) is 0.216. The van der Waals surface area contributed by atoms with Crippen molar-refractivity contribution in [2.45, 2.75) is 13.2 Å². The molecule has 1 aromatic rings. The quantitative estimate of drug-likeness (QED) is 0.729. The molecule has 0 bridgehead atoms. The molecule has 0 atom stereocenters. The van der Waals surface area contributed by atoms with Crippen molar-refractivity contribution < 1.29 is 27.0 Å². The average Bonchev–Trinajstić information content (AvgIpc) is 2.14. The molecule has 0 saturated carbocycles. The van der Waals surface area contributed by atoms with Crippen LogP contribution in [0.5, 0.6) is 11.5 Å². The molecule has 0 heterocycles. The van der Waals surface area contributed by atoms with Gasteiger partial charge in [0.15, 0.2) is 0 Å². The Morgan fingerprint density at radius 3 is 1.69 bits per heavy atom. The van der Waals surface area contributed by atoms with Gasteiger partial charge in [-0.3, -0.25) is 0 Å². The van der Waals surface area contributed by atoms with Gasteiger partial charge in [0.05, 0.1) is 0 Å². The van der Waals surface area contributed by atoms with Gasteiger partial charge in [0.2, 0.25) is 0 Å². The van der Waals surface area contributed by atoms with Crippen molar-refractivity contribution in [3.05, 3.63) is 36.4 Å². The molecule has 0 spiro atoms. The molecular weight excluding hydrogens is 228 g/mol.